The Morgan fingerprint density at radius 2 is 2.35 bits per heavy atom. The molecule has 3 nitrogen and oxygen atoms in total. The Balaban J connectivity index is 2.20. The molecule has 0 aromatic carbocycles. The maximum Gasteiger partial charge on any atom is 0.0950 e. The number of imidazole rings is 1. The highest BCUT2D eigenvalue weighted by molar-refractivity contribution is 5.11. The molecule has 2 rings (SSSR count). The predicted molar refractivity (Wildman–Crippen MR) is 71.2 cm³/mol. The molecule has 2 heterocycles. The van der Waals surface area contributed by atoms with Crippen LogP contribution in [0.3, 0.4) is 0 Å². The quantitative estimate of drug-likeness (QED) is 0.869. The summed E-state index contributed by atoms with van der Waals surface area (Å²) in [6.45, 7) is 9.07. The molecule has 96 valence electrons. The number of hydrogen-bond donors (Lipinski definition) is 1. The minimum Gasteiger partial charge on any atom is -0.332 e. The van der Waals surface area contributed by atoms with Gasteiger partial charge in [-0.3, -0.25) is 0 Å². The first-order valence-electron chi connectivity index (χ1n) is 6.96. The van der Waals surface area contributed by atoms with Crippen molar-refractivity contribution in [1.29, 1.82) is 0 Å². The number of rotatable bonds is 4. The summed E-state index contributed by atoms with van der Waals surface area (Å²) >= 11 is 0. The third-order valence-electron chi connectivity index (χ3n) is 3.90. The fraction of sp³-hybridized carbons (Fsp3) is 0.786. The topological polar surface area (TPSA) is 29.9 Å². The maximum absolute atomic E-state index is 4.36. The van der Waals surface area contributed by atoms with Crippen molar-refractivity contribution in [2.45, 2.75) is 52.0 Å². The van der Waals surface area contributed by atoms with Crippen LogP contribution >= 0.6 is 0 Å². The molecule has 0 aliphatic carbocycles. The van der Waals surface area contributed by atoms with Gasteiger partial charge in [0, 0.05) is 23.9 Å². The summed E-state index contributed by atoms with van der Waals surface area (Å²) in [4.78, 5) is 4.36. The normalized spacial score (nSPS) is 25.4. The molecular weight excluding hydrogens is 210 g/mol. The van der Waals surface area contributed by atoms with Crippen LogP contribution in [0, 0.1) is 5.92 Å². The van der Waals surface area contributed by atoms with Crippen molar-refractivity contribution >= 4 is 0 Å². The summed E-state index contributed by atoms with van der Waals surface area (Å²) in [5.41, 5.74) is 1.44. The first kappa shape index (κ1) is 12.6. The second-order valence-corrected chi connectivity index (χ2v) is 5.47. The van der Waals surface area contributed by atoms with E-state index in [-0.39, 0.29) is 0 Å². The van der Waals surface area contributed by atoms with Crippen molar-refractivity contribution in [3.05, 3.63) is 18.2 Å². The lowest BCUT2D eigenvalue weighted by atomic mass is 9.81. The standard InChI is InChI=1S/C14H25N3/c1-4-5-12-8-15-7-6-13(12)14-9-16-10-17(14)11(2)3/h9-13,15H,4-8H2,1-3H3. The Bertz CT molecular complexity index is 341. The van der Waals surface area contributed by atoms with Crippen LogP contribution in [0.5, 0.6) is 0 Å². The summed E-state index contributed by atoms with van der Waals surface area (Å²) in [5, 5.41) is 3.53. The highest BCUT2D eigenvalue weighted by Gasteiger charge is 2.28. The summed E-state index contributed by atoms with van der Waals surface area (Å²) in [5.74, 6) is 1.48. The van der Waals surface area contributed by atoms with Crippen molar-refractivity contribution in [3.8, 4) is 0 Å². The summed E-state index contributed by atoms with van der Waals surface area (Å²) in [6, 6.07) is 0.518. The molecule has 3 heteroatoms. The van der Waals surface area contributed by atoms with Crippen LogP contribution < -0.4 is 5.32 Å². The molecule has 0 radical (unpaired) electrons. The molecule has 1 saturated heterocycles. The third kappa shape index (κ3) is 2.71. The first-order chi connectivity index (χ1) is 8.24. The molecule has 1 aliphatic rings. The molecule has 1 N–H and O–H groups in total. The molecule has 0 spiro atoms. The number of piperidine rings is 1. The van der Waals surface area contributed by atoms with Crippen molar-refractivity contribution in [3.63, 3.8) is 0 Å². The van der Waals surface area contributed by atoms with E-state index in [1.165, 1.54) is 31.5 Å². The maximum atomic E-state index is 4.36. The van der Waals surface area contributed by atoms with Gasteiger partial charge in [0.15, 0.2) is 0 Å². The van der Waals surface area contributed by atoms with Gasteiger partial charge in [0.25, 0.3) is 0 Å². The molecule has 0 amide bonds. The van der Waals surface area contributed by atoms with Crippen LogP contribution in [0.25, 0.3) is 0 Å². The van der Waals surface area contributed by atoms with E-state index in [1.54, 1.807) is 0 Å². The van der Waals surface area contributed by atoms with Crippen LogP contribution in [0.2, 0.25) is 0 Å². The van der Waals surface area contributed by atoms with Gasteiger partial charge >= 0.3 is 0 Å². The highest BCUT2D eigenvalue weighted by atomic mass is 15.1. The van der Waals surface area contributed by atoms with Crippen LogP contribution in [0.4, 0.5) is 0 Å². The lowest BCUT2D eigenvalue weighted by Crippen LogP contribution is -2.36. The van der Waals surface area contributed by atoms with Crippen LogP contribution in [0.15, 0.2) is 12.5 Å². The smallest absolute Gasteiger partial charge is 0.0950 e. The Morgan fingerprint density at radius 1 is 1.53 bits per heavy atom. The SMILES string of the molecule is CCCC1CNCCC1c1cncn1C(C)C. The molecule has 17 heavy (non-hydrogen) atoms. The van der Waals surface area contributed by atoms with E-state index < -0.39 is 0 Å². The largest absolute Gasteiger partial charge is 0.332 e. The van der Waals surface area contributed by atoms with E-state index in [1.807, 2.05) is 6.33 Å². The van der Waals surface area contributed by atoms with Gasteiger partial charge in [-0.15, -0.1) is 0 Å². The Kier molecular flexibility index (Phi) is 4.21. The van der Waals surface area contributed by atoms with Crippen molar-refractivity contribution < 1.29 is 0 Å². The van der Waals surface area contributed by atoms with Gasteiger partial charge in [0.2, 0.25) is 0 Å². The zero-order valence-corrected chi connectivity index (χ0v) is 11.3. The van der Waals surface area contributed by atoms with E-state index in [4.69, 9.17) is 0 Å². The van der Waals surface area contributed by atoms with Gasteiger partial charge in [0.05, 0.1) is 6.33 Å². The number of nitrogens with one attached hydrogen (secondary N) is 1. The third-order valence-corrected chi connectivity index (χ3v) is 3.90. The van der Waals surface area contributed by atoms with Gasteiger partial charge in [-0.1, -0.05) is 13.3 Å². The van der Waals surface area contributed by atoms with E-state index in [2.05, 4.69) is 41.8 Å². The summed E-state index contributed by atoms with van der Waals surface area (Å²) in [6.07, 6.45) is 7.92. The minimum absolute atomic E-state index is 0.518. The molecule has 0 saturated carbocycles. The lowest BCUT2D eigenvalue weighted by Gasteiger charge is -2.33. The molecular formula is C14H25N3. The average molecular weight is 235 g/mol. The average Bonchev–Trinajstić information content (AvgIpc) is 2.79. The molecule has 1 fully saturated rings. The zero-order chi connectivity index (χ0) is 12.3. The van der Waals surface area contributed by atoms with Crippen LogP contribution in [-0.4, -0.2) is 22.6 Å². The molecule has 1 aromatic rings. The molecule has 0 bridgehead atoms. The van der Waals surface area contributed by atoms with Gasteiger partial charge in [-0.25, -0.2) is 4.98 Å². The minimum atomic E-state index is 0.518. The molecule has 2 atom stereocenters. The number of aromatic nitrogens is 2. The van der Waals surface area contributed by atoms with Crippen molar-refractivity contribution in [2.24, 2.45) is 5.92 Å². The van der Waals surface area contributed by atoms with E-state index >= 15 is 0 Å². The first-order valence-corrected chi connectivity index (χ1v) is 6.96. The fourth-order valence-electron chi connectivity index (χ4n) is 3.02. The van der Waals surface area contributed by atoms with Gasteiger partial charge < -0.3 is 9.88 Å². The Labute approximate surface area is 105 Å². The molecule has 1 aromatic heterocycles. The Morgan fingerprint density at radius 3 is 3.06 bits per heavy atom. The summed E-state index contributed by atoms with van der Waals surface area (Å²) < 4.78 is 2.35. The van der Waals surface area contributed by atoms with Crippen LogP contribution in [0.1, 0.15) is 57.7 Å². The fourth-order valence-corrected chi connectivity index (χ4v) is 3.02. The monoisotopic (exact) mass is 235 g/mol. The van der Waals surface area contributed by atoms with E-state index in [0.29, 0.717) is 12.0 Å². The highest BCUT2D eigenvalue weighted by Crippen LogP contribution is 2.33. The lowest BCUT2D eigenvalue weighted by molar-refractivity contribution is 0.293. The van der Waals surface area contributed by atoms with Gasteiger partial charge in [0.1, 0.15) is 0 Å². The van der Waals surface area contributed by atoms with Crippen LogP contribution in [-0.2, 0) is 0 Å². The second-order valence-electron chi connectivity index (χ2n) is 5.47. The number of hydrogen-bond acceptors (Lipinski definition) is 2. The Hall–Kier alpha value is -0.830. The molecule has 1 aliphatic heterocycles. The van der Waals surface area contributed by atoms with Gasteiger partial charge in [-0.05, 0) is 45.7 Å². The number of nitrogens with zero attached hydrogens (tertiary/aromatic N) is 2. The van der Waals surface area contributed by atoms with Gasteiger partial charge in [-0.2, -0.15) is 0 Å². The van der Waals surface area contributed by atoms with Crippen molar-refractivity contribution in [2.75, 3.05) is 13.1 Å². The summed E-state index contributed by atoms with van der Waals surface area (Å²) in [7, 11) is 0. The molecule has 2 unspecified atom stereocenters. The van der Waals surface area contributed by atoms with E-state index in [0.717, 1.165) is 12.5 Å². The van der Waals surface area contributed by atoms with E-state index in [9.17, 15) is 0 Å². The predicted octanol–water partition coefficient (Wildman–Crippen LogP) is 2.96. The van der Waals surface area contributed by atoms with Crippen molar-refractivity contribution in [1.82, 2.24) is 14.9 Å². The second kappa shape index (κ2) is 5.67. The zero-order valence-electron chi connectivity index (χ0n) is 11.3.